The number of amides is 1. The van der Waals surface area contributed by atoms with Crippen LogP contribution in [-0.2, 0) is 25.6 Å². The SMILES string of the molecule is C[C@@H](O)[C@H](NS)C(=O)CC(=O)[C@H](Cc1cnc[nH]1)NN[C@@H](CO)C(=O)N1CCC[C@H]1C=O. The second kappa shape index (κ2) is 12.8. The maximum absolute atomic E-state index is 12.9. The zero-order chi connectivity index (χ0) is 23.7. The number of carbonyl (C=O) groups is 4. The Hall–Kier alpha value is -2.16. The number of imidazole rings is 1. The largest absolute Gasteiger partial charge is 0.394 e. The van der Waals surface area contributed by atoms with Gasteiger partial charge in [-0.25, -0.2) is 15.8 Å². The van der Waals surface area contributed by atoms with Crippen molar-refractivity contribution in [2.24, 2.45) is 0 Å². The molecule has 2 heterocycles. The molecule has 0 saturated carbocycles. The predicted octanol–water partition coefficient (Wildman–Crippen LogP) is -2.32. The summed E-state index contributed by atoms with van der Waals surface area (Å²) in [7, 11) is 0. The zero-order valence-corrected chi connectivity index (χ0v) is 18.6. The minimum absolute atomic E-state index is 0.125. The standard InChI is InChI=1S/C19H30N6O6S/c1-11(28)18(24-32)17(30)6-16(29)14(5-12-7-20-10-21-12)22-23-15(9-27)19(31)25-4-2-3-13(25)8-26/h7-8,10-11,13-15,18,22-24,27-28,32H,2-6,9H2,1H3,(H,20,21)/t11-,13+,14+,15+,18+/m1/s1. The Morgan fingerprint density at radius 3 is 2.62 bits per heavy atom. The van der Waals surface area contributed by atoms with Crippen molar-refractivity contribution in [1.82, 2.24) is 30.4 Å². The van der Waals surface area contributed by atoms with Crippen LogP contribution in [0.25, 0.3) is 0 Å². The molecule has 13 heteroatoms. The van der Waals surface area contributed by atoms with Crippen molar-refractivity contribution in [2.45, 2.75) is 62.9 Å². The molecule has 2 rings (SSSR count). The highest BCUT2D eigenvalue weighted by Gasteiger charge is 2.34. The number of aliphatic hydroxyl groups excluding tert-OH is 2. The zero-order valence-electron chi connectivity index (χ0n) is 17.7. The minimum Gasteiger partial charge on any atom is -0.394 e. The van der Waals surface area contributed by atoms with Crippen LogP contribution in [0.4, 0.5) is 0 Å². The number of hydrogen-bond acceptors (Lipinski definition) is 11. The summed E-state index contributed by atoms with van der Waals surface area (Å²) in [6.07, 6.45) is 3.50. The summed E-state index contributed by atoms with van der Waals surface area (Å²) >= 11 is 3.82. The van der Waals surface area contributed by atoms with Crippen molar-refractivity contribution in [3.05, 3.63) is 18.2 Å². The van der Waals surface area contributed by atoms with Crippen molar-refractivity contribution >= 4 is 36.6 Å². The third-order valence-electron chi connectivity index (χ3n) is 5.34. The molecular formula is C19H30N6O6S. The van der Waals surface area contributed by atoms with E-state index in [9.17, 15) is 29.4 Å². The molecule has 0 unspecified atom stereocenters. The van der Waals surface area contributed by atoms with Gasteiger partial charge in [0, 0.05) is 24.9 Å². The number of nitrogens with one attached hydrogen (secondary N) is 4. The molecule has 0 aromatic carbocycles. The number of nitrogens with zero attached hydrogens (tertiary/aromatic N) is 2. The van der Waals surface area contributed by atoms with Gasteiger partial charge in [0.1, 0.15) is 18.4 Å². The Morgan fingerprint density at radius 2 is 2.06 bits per heavy atom. The van der Waals surface area contributed by atoms with E-state index in [0.29, 0.717) is 31.4 Å². The van der Waals surface area contributed by atoms with E-state index in [4.69, 9.17) is 0 Å². The van der Waals surface area contributed by atoms with Crippen LogP contribution in [0.2, 0.25) is 0 Å². The Kier molecular flexibility index (Phi) is 10.4. The molecule has 1 aliphatic heterocycles. The number of hydrogen-bond donors (Lipinski definition) is 7. The maximum Gasteiger partial charge on any atom is 0.244 e. The molecule has 6 N–H and O–H groups in total. The van der Waals surface area contributed by atoms with E-state index in [2.05, 4.69) is 38.4 Å². The fourth-order valence-corrected chi connectivity index (χ4v) is 3.87. The van der Waals surface area contributed by atoms with Crippen molar-refractivity contribution in [2.75, 3.05) is 13.2 Å². The van der Waals surface area contributed by atoms with E-state index in [1.807, 2.05) is 0 Å². The summed E-state index contributed by atoms with van der Waals surface area (Å²) in [5.41, 5.74) is 6.02. The van der Waals surface area contributed by atoms with Crippen molar-refractivity contribution in [3.8, 4) is 0 Å². The second-order valence-corrected chi connectivity index (χ2v) is 7.95. The van der Waals surface area contributed by atoms with Gasteiger partial charge in [-0.2, -0.15) is 0 Å². The number of thiol groups is 1. The highest BCUT2D eigenvalue weighted by molar-refractivity contribution is 7.78. The number of likely N-dealkylation sites (tertiary alicyclic amines) is 1. The molecule has 12 nitrogen and oxygen atoms in total. The van der Waals surface area contributed by atoms with Crippen LogP contribution in [0.5, 0.6) is 0 Å². The number of ketones is 2. The van der Waals surface area contributed by atoms with Crippen molar-refractivity contribution in [3.63, 3.8) is 0 Å². The minimum atomic E-state index is -1.09. The van der Waals surface area contributed by atoms with Crippen LogP contribution in [0.3, 0.4) is 0 Å². The van der Waals surface area contributed by atoms with E-state index in [1.165, 1.54) is 24.3 Å². The summed E-state index contributed by atoms with van der Waals surface area (Å²) in [5, 5.41) is 19.4. The van der Waals surface area contributed by atoms with Crippen LogP contribution in [-0.4, -0.2) is 92.3 Å². The van der Waals surface area contributed by atoms with E-state index < -0.39 is 60.8 Å². The first kappa shape index (κ1) is 26.1. The molecule has 0 bridgehead atoms. The number of hydrazine groups is 1. The molecule has 0 radical (unpaired) electrons. The molecule has 1 aromatic rings. The van der Waals surface area contributed by atoms with Gasteiger partial charge >= 0.3 is 0 Å². The van der Waals surface area contributed by atoms with Gasteiger partial charge in [-0.15, -0.1) is 0 Å². The highest BCUT2D eigenvalue weighted by atomic mass is 32.1. The van der Waals surface area contributed by atoms with Gasteiger partial charge in [-0.1, -0.05) is 12.8 Å². The quantitative estimate of drug-likeness (QED) is 0.0676. The van der Waals surface area contributed by atoms with Crippen LogP contribution in [0.15, 0.2) is 12.5 Å². The van der Waals surface area contributed by atoms with Gasteiger partial charge in [-0.05, 0) is 19.8 Å². The van der Waals surface area contributed by atoms with E-state index in [0.717, 1.165) is 0 Å². The average Bonchev–Trinajstić information content (AvgIpc) is 3.44. The third-order valence-corrected chi connectivity index (χ3v) is 5.61. The lowest BCUT2D eigenvalue weighted by Crippen LogP contribution is -2.58. The number of Topliss-reactive ketones (excluding diaryl/α,β-unsaturated/α-hetero) is 2. The lowest BCUT2D eigenvalue weighted by Gasteiger charge is -2.27. The number of rotatable bonds is 14. The smallest absolute Gasteiger partial charge is 0.244 e. The fourth-order valence-electron chi connectivity index (χ4n) is 3.51. The first-order chi connectivity index (χ1) is 15.3. The van der Waals surface area contributed by atoms with Gasteiger partial charge in [0.15, 0.2) is 11.6 Å². The molecule has 1 saturated heterocycles. The van der Waals surface area contributed by atoms with Crippen LogP contribution < -0.4 is 15.6 Å². The summed E-state index contributed by atoms with van der Waals surface area (Å²) in [6, 6.07) is -3.60. The highest BCUT2D eigenvalue weighted by Crippen LogP contribution is 2.16. The summed E-state index contributed by atoms with van der Waals surface area (Å²) in [6.45, 7) is 1.24. The van der Waals surface area contributed by atoms with Crippen LogP contribution in [0, 0.1) is 0 Å². The molecule has 1 amide bonds. The van der Waals surface area contributed by atoms with Crippen molar-refractivity contribution in [1.29, 1.82) is 0 Å². The predicted molar refractivity (Wildman–Crippen MR) is 116 cm³/mol. The molecular weight excluding hydrogens is 440 g/mol. The average molecular weight is 471 g/mol. The molecule has 0 spiro atoms. The Labute approximate surface area is 191 Å². The molecule has 1 aliphatic rings. The lowest BCUT2D eigenvalue weighted by atomic mass is 9.98. The third kappa shape index (κ3) is 6.92. The fraction of sp³-hybridized carbons (Fsp3) is 0.632. The molecule has 0 aliphatic carbocycles. The van der Waals surface area contributed by atoms with Crippen molar-refractivity contribution < 1.29 is 29.4 Å². The number of H-pyrrole nitrogens is 1. The topological polar surface area (TPSA) is 177 Å². The number of carbonyl (C=O) groups excluding carboxylic acids is 4. The maximum atomic E-state index is 12.9. The number of aromatic nitrogens is 2. The first-order valence-corrected chi connectivity index (χ1v) is 10.7. The molecule has 5 atom stereocenters. The van der Waals surface area contributed by atoms with Gasteiger partial charge in [0.05, 0.1) is 37.5 Å². The van der Waals surface area contributed by atoms with Gasteiger partial charge in [0.2, 0.25) is 5.91 Å². The first-order valence-electron chi connectivity index (χ1n) is 10.3. The summed E-state index contributed by atoms with van der Waals surface area (Å²) in [4.78, 5) is 57.3. The second-order valence-electron chi connectivity index (χ2n) is 7.69. The lowest BCUT2D eigenvalue weighted by molar-refractivity contribution is -0.138. The number of aliphatic hydroxyl groups is 2. The molecule has 1 aromatic heterocycles. The monoisotopic (exact) mass is 470 g/mol. The van der Waals surface area contributed by atoms with Gasteiger partial charge in [-0.3, -0.25) is 19.1 Å². The molecule has 1 fully saturated rings. The Morgan fingerprint density at radius 1 is 1.34 bits per heavy atom. The van der Waals surface area contributed by atoms with E-state index in [1.54, 1.807) is 0 Å². The van der Waals surface area contributed by atoms with Crippen LogP contribution in [0.1, 0.15) is 31.9 Å². The summed E-state index contributed by atoms with van der Waals surface area (Å²) < 4.78 is 2.39. The summed E-state index contributed by atoms with van der Waals surface area (Å²) in [5.74, 6) is -1.51. The molecule has 32 heavy (non-hydrogen) atoms. The number of aldehydes is 1. The Balaban J connectivity index is 2.07. The van der Waals surface area contributed by atoms with Crippen LogP contribution >= 0.6 is 12.8 Å². The van der Waals surface area contributed by atoms with Gasteiger partial charge < -0.3 is 24.9 Å². The number of aromatic amines is 1. The van der Waals surface area contributed by atoms with E-state index >= 15 is 0 Å². The van der Waals surface area contributed by atoms with E-state index in [-0.39, 0.29) is 6.42 Å². The Bertz CT molecular complexity index is 776. The molecule has 178 valence electrons. The van der Waals surface area contributed by atoms with Gasteiger partial charge in [0.25, 0.3) is 0 Å². The normalized spacial score (nSPS) is 19.9.